The summed E-state index contributed by atoms with van der Waals surface area (Å²) in [5, 5.41) is 5.32. The second kappa shape index (κ2) is 5.14. The predicted molar refractivity (Wildman–Crippen MR) is 66.8 cm³/mol. The van der Waals surface area contributed by atoms with Crippen LogP contribution in [0, 0.1) is 0 Å². The molecule has 1 aliphatic rings. The van der Waals surface area contributed by atoms with Crippen LogP contribution in [0.3, 0.4) is 0 Å². The third-order valence-corrected chi connectivity index (χ3v) is 3.04. The van der Waals surface area contributed by atoms with E-state index in [0.717, 1.165) is 11.4 Å². The number of aromatic nitrogens is 1. The van der Waals surface area contributed by atoms with Gasteiger partial charge >= 0.3 is 0 Å². The molecule has 1 unspecified atom stereocenters. The van der Waals surface area contributed by atoms with Gasteiger partial charge in [0.05, 0.1) is 12.6 Å². The summed E-state index contributed by atoms with van der Waals surface area (Å²) in [7, 11) is 1.79. The number of carbonyl (C=O) groups is 2. The minimum Gasteiger partial charge on any atom is -0.373 e. The van der Waals surface area contributed by atoms with Crippen molar-refractivity contribution < 1.29 is 9.59 Å². The molecule has 6 nitrogen and oxygen atoms in total. The van der Waals surface area contributed by atoms with Crippen LogP contribution in [0.1, 0.15) is 12.5 Å². The minimum absolute atomic E-state index is 0.227. The first kappa shape index (κ1) is 12.5. The first-order valence-corrected chi connectivity index (χ1v) is 5.81. The van der Waals surface area contributed by atoms with Gasteiger partial charge in [-0.3, -0.25) is 19.8 Å². The summed E-state index contributed by atoms with van der Waals surface area (Å²) in [5.41, 5.74) is 0.967. The number of nitrogens with zero attached hydrogens (tertiary/aromatic N) is 2. The largest absolute Gasteiger partial charge is 0.373 e. The lowest BCUT2D eigenvalue weighted by atomic mass is 10.1. The lowest BCUT2D eigenvalue weighted by Crippen LogP contribution is -2.56. The van der Waals surface area contributed by atoms with Crippen LogP contribution in [0.4, 0.5) is 5.82 Å². The van der Waals surface area contributed by atoms with Crippen molar-refractivity contribution in [1.82, 2.24) is 15.2 Å². The summed E-state index contributed by atoms with van der Waals surface area (Å²) in [4.78, 5) is 29.0. The second-order valence-electron chi connectivity index (χ2n) is 4.25. The quantitative estimate of drug-likeness (QED) is 0.735. The van der Waals surface area contributed by atoms with Crippen LogP contribution in [-0.2, 0) is 16.1 Å². The molecule has 2 heterocycles. The van der Waals surface area contributed by atoms with E-state index in [2.05, 4.69) is 15.6 Å². The molecule has 0 spiro atoms. The number of carbonyl (C=O) groups excluding carboxylic acids is 2. The highest BCUT2D eigenvalue weighted by atomic mass is 16.2. The van der Waals surface area contributed by atoms with Crippen LogP contribution < -0.4 is 10.6 Å². The fourth-order valence-corrected chi connectivity index (χ4v) is 1.97. The molecule has 1 aromatic heterocycles. The van der Waals surface area contributed by atoms with Gasteiger partial charge in [0.2, 0.25) is 11.8 Å². The first-order valence-electron chi connectivity index (χ1n) is 5.81. The third-order valence-electron chi connectivity index (χ3n) is 3.04. The van der Waals surface area contributed by atoms with E-state index in [4.69, 9.17) is 0 Å². The zero-order valence-electron chi connectivity index (χ0n) is 10.4. The van der Waals surface area contributed by atoms with Gasteiger partial charge in [-0.25, -0.2) is 4.98 Å². The first-order chi connectivity index (χ1) is 8.61. The SMILES string of the molecule is CNc1ncccc1CN1CC(=O)NC(=O)C1C. The van der Waals surface area contributed by atoms with Crippen LogP contribution in [0.2, 0.25) is 0 Å². The maximum absolute atomic E-state index is 11.6. The summed E-state index contributed by atoms with van der Waals surface area (Å²) in [6.07, 6.45) is 1.70. The highest BCUT2D eigenvalue weighted by Gasteiger charge is 2.30. The smallest absolute Gasteiger partial charge is 0.243 e. The molecule has 18 heavy (non-hydrogen) atoms. The van der Waals surface area contributed by atoms with Crippen molar-refractivity contribution in [3.8, 4) is 0 Å². The number of hydrogen-bond acceptors (Lipinski definition) is 5. The number of hydrogen-bond donors (Lipinski definition) is 2. The van der Waals surface area contributed by atoms with Gasteiger partial charge in [-0.1, -0.05) is 6.07 Å². The number of nitrogens with one attached hydrogen (secondary N) is 2. The zero-order chi connectivity index (χ0) is 13.1. The fraction of sp³-hybridized carbons (Fsp3) is 0.417. The number of amides is 2. The molecule has 1 saturated heterocycles. The Morgan fingerprint density at radius 3 is 3.06 bits per heavy atom. The number of rotatable bonds is 3. The Morgan fingerprint density at radius 2 is 2.33 bits per heavy atom. The monoisotopic (exact) mass is 248 g/mol. The normalized spacial score (nSPS) is 20.7. The molecule has 2 amide bonds. The molecule has 1 aromatic rings. The Morgan fingerprint density at radius 1 is 1.56 bits per heavy atom. The van der Waals surface area contributed by atoms with Gasteiger partial charge in [-0.05, 0) is 13.0 Å². The summed E-state index contributed by atoms with van der Waals surface area (Å²) in [6, 6.07) is 3.46. The van der Waals surface area contributed by atoms with Crippen LogP contribution >= 0.6 is 0 Å². The maximum Gasteiger partial charge on any atom is 0.243 e. The van der Waals surface area contributed by atoms with E-state index in [1.54, 1.807) is 20.2 Å². The molecular formula is C12H16N4O2. The summed E-state index contributed by atoms with van der Waals surface area (Å²) in [5.74, 6) is 0.261. The van der Waals surface area contributed by atoms with E-state index >= 15 is 0 Å². The summed E-state index contributed by atoms with van der Waals surface area (Å²) >= 11 is 0. The second-order valence-corrected chi connectivity index (χ2v) is 4.25. The molecule has 96 valence electrons. The summed E-state index contributed by atoms with van der Waals surface area (Å²) < 4.78 is 0. The highest BCUT2D eigenvalue weighted by Crippen LogP contribution is 2.16. The van der Waals surface area contributed by atoms with Crippen molar-refractivity contribution in [2.75, 3.05) is 18.9 Å². The number of imide groups is 1. The summed E-state index contributed by atoms with van der Waals surface area (Å²) in [6.45, 7) is 2.53. The molecule has 1 fully saturated rings. The predicted octanol–water partition coefficient (Wildman–Crippen LogP) is -0.0298. The molecule has 0 aromatic carbocycles. The Labute approximate surface area is 105 Å². The van der Waals surface area contributed by atoms with Gasteiger partial charge in [0.15, 0.2) is 0 Å². The average Bonchev–Trinajstić information content (AvgIpc) is 2.36. The van der Waals surface area contributed by atoms with Crippen LogP contribution in [0.15, 0.2) is 18.3 Å². The Bertz CT molecular complexity index is 475. The Balaban J connectivity index is 2.17. The third kappa shape index (κ3) is 2.48. The van der Waals surface area contributed by atoms with Crippen molar-refractivity contribution in [1.29, 1.82) is 0 Å². The molecule has 0 bridgehead atoms. The van der Waals surface area contributed by atoms with Crippen LogP contribution in [0.25, 0.3) is 0 Å². The molecular weight excluding hydrogens is 232 g/mol. The van der Waals surface area contributed by atoms with Gasteiger partial charge in [0, 0.05) is 25.4 Å². The molecule has 6 heteroatoms. The highest BCUT2D eigenvalue weighted by molar-refractivity contribution is 6.00. The minimum atomic E-state index is -0.312. The molecule has 2 N–H and O–H groups in total. The van der Waals surface area contributed by atoms with E-state index in [9.17, 15) is 9.59 Å². The lowest BCUT2D eigenvalue weighted by molar-refractivity contribution is -0.139. The fourth-order valence-electron chi connectivity index (χ4n) is 1.97. The van der Waals surface area contributed by atoms with Gasteiger partial charge in [-0.15, -0.1) is 0 Å². The zero-order valence-corrected chi connectivity index (χ0v) is 10.4. The van der Waals surface area contributed by atoms with E-state index < -0.39 is 0 Å². The van der Waals surface area contributed by atoms with E-state index in [0.29, 0.717) is 6.54 Å². The van der Waals surface area contributed by atoms with Crippen LogP contribution in [0.5, 0.6) is 0 Å². The molecule has 2 rings (SSSR count). The van der Waals surface area contributed by atoms with Gasteiger partial charge < -0.3 is 5.32 Å². The molecule has 1 aliphatic heterocycles. The van der Waals surface area contributed by atoms with Crippen molar-refractivity contribution >= 4 is 17.6 Å². The van der Waals surface area contributed by atoms with Crippen molar-refractivity contribution in [3.05, 3.63) is 23.9 Å². The van der Waals surface area contributed by atoms with Crippen molar-refractivity contribution in [2.45, 2.75) is 19.5 Å². The van der Waals surface area contributed by atoms with Gasteiger partial charge in [0.25, 0.3) is 0 Å². The standard InChI is InChI=1S/C12H16N4O2/c1-8-12(18)15-10(17)7-16(8)6-9-4-3-5-14-11(9)13-2/h3-5,8H,6-7H2,1-2H3,(H,13,14)(H,15,17,18). The lowest BCUT2D eigenvalue weighted by Gasteiger charge is -2.31. The molecule has 0 saturated carbocycles. The maximum atomic E-state index is 11.6. The topological polar surface area (TPSA) is 74.3 Å². The van der Waals surface area contributed by atoms with E-state index in [1.165, 1.54) is 0 Å². The van der Waals surface area contributed by atoms with Crippen LogP contribution in [-0.4, -0.2) is 41.3 Å². The number of pyridine rings is 1. The van der Waals surface area contributed by atoms with Crippen molar-refractivity contribution in [3.63, 3.8) is 0 Å². The number of anilines is 1. The number of piperazine rings is 1. The van der Waals surface area contributed by atoms with E-state index in [-0.39, 0.29) is 24.4 Å². The molecule has 0 aliphatic carbocycles. The Kier molecular flexibility index (Phi) is 3.57. The van der Waals surface area contributed by atoms with Crippen molar-refractivity contribution in [2.24, 2.45) is 0 Å². The molecule has 0 radical (unpaired) electrons. The van der Waals surface area contributed by atoms with Gasteiger partial charge in [-0.2, -0.15) is 0 Å². The molecule has 1 atom stereocenters. The van der Waals surface area contributed by atoms with E-state index in [1.807, 2.05) is 17.0 Å². The van der Waals surface area contributed by atoms with Gasteiger partial charge in [0.1, 0.15) is 5.82 Å². The average molecular weight is 248 g/mol. The Hall–Kier alpha value is -1.95.